The van der Waals surface area contributed by atoms with Gasteiger partial charge in [0.1, 0.15) is 0 Å². The second-order valence-electron chi connectivity index (χ2n) is 4.19. The molecule has 76 valence electrons. The molecule has 0 atom stereocenters. The highest BCUT2D eigenvalue weighted by Crippen LogP contribution is 2.11. The first-order valence-electron chi connectivity index (χ1n) is 5.25. The quantitative estimate of drug-likeness (QED) is 0.511. The molecule has 0 aromatic rings. The van der Waals surface area contributed by atoms with Crippen molar-refractivity contribution in [3.8, 4) is 11.8 Å². The van der Waals surface area contributed by atoms with E-state index in [1.54, 1.807) is 0 Å². The molecule has 0 bridgehead atoms. The van der Waals surface area contributed by atoms with Gasteiger partial charge in [-0.3, -0.25) is 4.79 Å². The minimum Gasteiger partial charge on any atom is -0.332 e. The zero-order chi connectivity index (χ0) is 9.97. The molecule has 3 heteroatoms. The Morgan fingerprint density at radius 1 is 1.29 bits per heavy atom. The van der Waals surface area contributed by atoms with E-state index in [9.17, 15) is 4.79 Å². The molecule has 1 amide bonds. The summed E-state index contributed by atoms with van der Waals surface area (Å²) in [6.45, 7) is 3.83. The molecule has 2 aliphatic rings. The maximum atomic E-state index is 11.5. The van der Waals surface area contributed by atoms with Crippen LogP contribution in [0.1, 0.15) is 12.8 Å². The van der Waals surface area contributed by atoms with Gasteiger partial charge in [-0.1, -0.05) is 5.92 Å². The Kier molecular flexibility index (Phi) is 2.74. The summed E-state index contributed by atoms with van der Waals surface area (Å²) in [7, 11) is 2.07. The second-order valence-corrected chi connectivity index (χ2v) is 4.19. The van der Waals surface area contributed by atoms with Crippen LogP contribution in [0.25, 0.3) is 0 Å². The van der Waals surface area contributed by atoms with E-state index in [-0.39, 0.29) is 5.91 Å². The average Bonchev–Trinajstić information content (AvgIpc) is 2.62. The summed E-state index contributed by atoms with van der Waals surface area (Å²) in [4.78, 5) is 15.6. The van der Waals surface area contributed by atoms with Gasteiger partial charge >= 0.3 is 0 Å². The van der Waals surface area contributed by atoms with Crippen molar-refractivity contribution in [3.63, 3.8) is 0 Å². The fourth-order valence-corrected chi connectivity index (χ4v) is 1.95. The normalized spacial score (nSPS) is 22.8. The summed E-state index contributed by atoms with van der Waals surface area (Å²) in [6.07, 6.45) is 2.28. The summed E-state index contributed by atoms with van der Waals surface area (Å²) >= 11 is 0. The smallest absolute Gasteiger partial charge is 0.298 e. The Labute approximate surface area is 85.1 Å². The summed E-state index contributed by atoms with van der Waals surface area (Å²) in [5.74, 6) is 6.25. The maximum absolute atomic E-state index is 11.5. The lowest BCUT2D eigenvalue weighted by molar-refractivity contribution is -0.124. The highest BCUT2D eigenvalue weighted by Gasteiger charge is 2.21. The molecule has 2 rings (SSSR count). The molecular formula is C11H16N2O. The largest absolute Gasteiger partial charge is 0.332 e. The lowest BCUT2D eigenvalue weighted by atomic mass is 10.0. The molecular weight excluding hydrogens is 176 g/mol. The van der Waals surface area contributed by atoms with Gasteiger partial charge in [0.25, 0.3) is 5.91 Å². The summed E-state index contributed by atoms with van der Waals surface area (Å²) in [5.41, 5.74) is 0. The van der Waals surface area contributed by atoms with Gasteiger partial charge in [-0.15, -0.1) is 0 Å². The van der Waals surface area contributed by atoms with E-state index in [0.29, 0.717) is 5.92 Å². The van der Waals surface area contributed by atoms with Gasteiger partial charge in [0, 0.05) is 32.1 Å². The van der Waals surface area contributed by atoms with E-state index in [2.05, 4.69) is 23.8 Å². The molecule has 2 heterocycles. The predicted molar refractivity (Wildman–Crippen MR) is 54.6 cm³/mol. The van der Waals surface area contributed by atoms with Gasteiger partial charge < -0.3 is 9.80 Å². The van der Waals surface area contributed by atoms with Crippen LogP contribution in [-0.4, -0.2) is 48.9 Å². The van der Waals surface area contributed by atoms with Gasteiger partial charge in [0.05, 0.1) is 0 Å². The van der Waals surface area contributed by atoms with Gasteiger partial charge in [0.15, 0.2) is 0 Å². The Morgan fingerprint density at radius 3 is 2.50 bits per heavy atom. The number of rotatable bonds is 0. The molecule has 0 aromatic heterocycles. The van der Waals surface area contributed by atoms with Crippen LogP contribution in [0.4, 0.5) is 0 Å². The summed E-state index contributed by atoms with van der Waals surface area (Å²) in [6, 6.07) is 0. The van der Waals surface area contributed by atoms with E-state index in [1.807, 2.05) is 4.90 Å². The number of hydrogen-bond acceptors (Lipinski definition) is 2. The molecule has 2 fully saturated rings. The molecule has 2 saturated heterocycles. The maximum Gasteiger partial charge on any atom is 0.298 e. The molecule has 0 N–H and O–H groups in total. The van der Waals surface area contributed by atoms with Crippen LogP contribution in [0.2, 0.25) is 0 Å². The highest BCUT2D eigenvalue weighted by molar-refractivity contribution is 5.93. The average molecular weight is 192 g/mol. The highest BCUT2D eigenvalue weighted by atomic mass is 16.2. The van der Waals surface area contributed by atoms with E-state index in [0.717, 1.165) is 39.0 Å². The van der Waals surface area contributed by atoms with Crippen LogP contribution in [0, 0.1) is 17.8 Å². The molecule has 0 aromatic carbocycles. The Morgan fingerprint density at radius 2 is 1.93 bits per heavy atom. The number of carbonyl (C=O) groups is 1. The van der Waals surface area contributed by atoms with Crippen molar-refractivity contribution >= 4 is 5.91 Å². The lowest BCUT2D eigenvalue weighted by Gasteiger charge is -2.32. The molecule has 0 aliphatic carbocycles. The third-order valence-electron chi connectivity index (χ3n) is 2.84. The molecule has 0 radical (unpaired) electrons. The first-order chi connectivity index (χ1) is 6.75. The molecule has 14 heavy (non-hydrogen) atoms. The number of nitrogens with zero attached hydrogens (tertiary/aromatic N) is 2. The standard InChI is InChI=1S/C11H16N2O/c1-12-8-10(9-12)4-5-11(14)13-6-2-3-7-13/h10H,2-3,6-9H2,1H3. The predicted octanol–water partition coefficient (Wildman–Crippen LogP) is 0.174. The SMILES string of the molecule is CN1CC(C#CC(=O)N2CCCC2)C1. The van der Waals surface area contributed by atoms with Crippen molar-refractivity contribution in [2.75, 3.05) is 33.2 Å². The van der Waals surface area contributed by atoms with Crippen LogP contribution < -0.4 is 0 Å². The monoisotopic (exact) mass is 192 g/mol. The zero-order valence-corrected chi connectivity index (χ0v) is 8.62. The Hall–Kier alpha value is -1.01. The number of carbonyl (C=O) groups excluding carboxylic acids is 1. The van der Waals surface area contributed by atoms with E-state index in [1.165, 1.54) is 0 Å². The fourth-order valence-electron chi connectivity index (χ4n) is 1.95. The summed E-state index contributed by atoms with van der Waals surface area (Å²) in [5, 5.41) is 0. The first kappa shape index (κ1) is 9.54. The van der Waals surface area contributed by atoms with Crippen molar-refractivity contribution < 1.29 is 4.79 Å². The molecule has 2 aliphatic heterocycles. The number of hydrogen-bond donors (Lipinski definition) is 0. The van der Waals surface area contributed by atoms with Crippen LogP contribution in [0.5, 0.6) is 0 Å². The van der Waals surface area contributed by atoms with Crippen LogP contribution in [-0.2, 0) is 4.79 Å². The van der Waals surface area contributed by atoms with Crippen LogP contribution in [0.3, 0.4) is 0 Å². The summed E-state index contributed by atoms with van der Waals surface area (Å²) < 4.78 is 0. The van der Waals surface area contributed by atoms with E-state index in [4.69, 9.17) is 0 Å². The van der Waals surface area contributed by atoms with Crippen molar-refractivity contribution in [1.29, 1.82) is 0 Å². The van der Waals surface area contributed by atoms with E-state index >= 15 is 0 Å². The molecule has 3 nitrogen and oxygen atoms in total. The molecule has 0 unspecified atom stereocenters. The minimum atomic E-state index is 0.0250. The van der Waals surface area contributed by atoms with Crippen molar-refractivity contribution in [2.45, 2.75) is 12.8 Å². The fraction of sp³-hybridized carbons (Fsp3) is 0.727. The van der Waals surface area contributed by atoms with Gasteiger partial charge in [0.2, 0.25) is 0 Å². The van der Waals surface area contributed by atoms with Crippen molar-refractivity contribution in [1.82, 2.24) is 9.80 Å². The number of likely N-dealkylation sites (tertiary alicyclic amines) is 2. The Balaban J connectivity index is 1.81. The van der Waals surface area contributed by atoms with Gasteiger partial charge in [-0.05, 0) is 25.8 Å². The van der Waals surface area contributed by atoms with Crippen LogP contribution in [0.15, 0.2) is 0 Å². The van der Waals surface area contributed by atoms with Crippen LogP contribution >= 0.6 is 0 Å². The van der Waals surface area contributed by atoms with Crippen molar-refractivity contribution in [3.05, 3.63) is 0 Å². The van der Waals surface area contributed by atoms with Gasteiger partial charge in [-0.25, -0.2) is 0 Å². The van der Waals surface area contributed by atoms with E-state index < -0.39 is 0 Å². The first-order valence-corrected chi connectivity index (χ1v) is 5.25. The second kappa shape index (κ2) is 4.02. The minimum absolute atomic E-state index is 0.0250. The zero-order valence-electron chi connectivity index (χ0n) is 8.62. The number of amides is 1. The van der Waals surface area contributed by atoms with Crippen molar-refractivity contribution in [2.24, 2.45) is 5.92 Å². The Bertz CT molecular complexity index is 277. The topological polar surface area (TPSA) is 23.6 Å². The molecule has 0 saturated carbocycles. The third-order valence-corrected chi connectivity index (χ3v) is 2.84. The molecule has 0 spiro atoms. The third kappa shape index (κ3) is 2.08. The lowest BCUT2D eigenvalue weighted by Crippen LogP contribution is -2.42. The van der Waals surface area contributed by atoms with Gasteiger partial charge in [-0.2, -0.15) is 0 Å².